The van der Waals surface area contributed by atoms with Gasteiger partial charge in [0, 0.05) is 5.69 Å². The Morgan fingerprint density at radius 1 is 1.04 bits per heavy atom. The lowest BCUT2D eigenvalue weighted by Gasteiger charge is -2.11. The number of carbonyl (C=O) groups is 1. The van der Waals surface area contributed by atoms with Crippen molar-refractivity contribution in [1.82, 2.24) is 0 Å². The zero-order valence-corrected chi connectivity index (χ0v) is 13.7. The fraction of sp³-hybridized carbons (Fsp3) is 0.0556. The van der Waals surface area contributed by atoms with Crippen molar-refractivity contribution in [1.29, 1.82) is 0 Å². The largest absolute Gasteiger partial charge is 0.451 e. The number of rotatable bonds is 3. The van der Waals surface area contributed by atoms with Crippen molar-refractivity contribution in [2.45, 2.75) is 6.18 Å². The van der Waals surface area contributed by atoms with E-state index in [2.05, 4.69) is 5.32 Å². The molecule has 3 nitrogen and oxygen atoms in total. The minimum Gasteiger partial charge on any atom is -0.451 e. The minimum absolute atomic E-state index is 0.101. The molecule has 3 aromatic rings. The summed E-state index contributed by atoms with van der Waals surface area (Å²) < 4.78 is 57.7. The Balaban J connectivity index is 1.83. The van der Waals surface area contributed by atoms with Crippen LogP contribution in [-0.2, 0) is 6.18 Å². The summed E-state index contributed by atoms with van der Waals surface area (Å²) in [4.78, 5) is 12.2. The third-order valence-electron chi connectivity index (χ3n) is 3.50. The Bertz CT molecular complexity index is 966. The highest BCUT2D eigenvalue weighted by Crippen LogP contribution is 2.36. The molecular formula is C18H10ClF4NO2. The molecule has 0 aliphatic carbocycles. The number of nitrogens with one attached hydrogen (secondary N) is 1. The lowest BCUT2D eigenvalue weighted by Crippen LogP contribution is -2.12. The first-order chi connectivity index (χ1) is 12.3. The quantitative estimate of drug-likeness (QED) is 0.563. The van der Waals surface area contributed by atoms with E-state index in [1.807, 2.05) is 0 Å². The predicted molar refractivity (Wildman–Crippen MR) is 88.5 cm³/mol. The average molecular weight is 384 g/mol. The zero-order valence-electron chi connectivity index (χ0n) is 12.9. The van der Waals surface area contributed by atoms with Gasteiger partial charge in [-0.2, -0.15) is 13.2 Å². The first-order valence-electron chi connectivity index (χ1n) is 7.28. The molecule has 0 bridgehead atoms. The van der Waals surface area contributed by atoms with Gasteiger partial charge >= 0.3 is 6.18 Å². The van der Waals surface area contributed by atoms with Crippen LogP contribution in [-0.4, -0.2) is 5.91 Å². The molecule has 0 unspecified atom stereocenters. The Kier molecular flexibility index (Phi) is 4.73. The molecule has 1 aromatic heterocycles. The van der Waals surface area contributed by atoms with Crippen molar-refractivity contribution in [3.63, 3.8) is 0 Å². The zero-order chi connectivity index (χ0) is 18.9. The molecule has 3 rings (SSSR count). The van der Waals surface area contributed by atoms with Crippen LogP contribution in [0.4, 0.5) is 23.2 Å². The van der Waals surface area contributed by atoms with E-state index in [1.165, 1.54) is 36.4 Å². The van der Waals surface area contributed by atoms with Gasteiger partial charge in [0.2, 0.25) is 0 Å². The fourth-order valence-electron chi connectivity index (χ4n) is 2.28. The van der Waals surface area contributed by atoms with Crippen molar-refractivity contribution in [3.8, 4) is 11.3 Å². The lowest BCUT2D eigenvalue weighted by atomic mass is 10.1. The van der Waals surface area contributed by atoms with Gasteiger partial charge in [0.25, 0.3) is 5.91 Å². The first kappa shape index (κ1) is 18.0. The van der Waals surface area contributed by atoms with E-state index in [0.717, 1.165) is 12.1 Å². The van der Waals surface area contributed by atoms with Gasteiger partial charge in [0.15, 0.2) is 5.76 Å². The second-order valence-electron chi connectivity index (χ2n) is 5.29. The monoisotopic (exact) mass is 383 g/mol. The minimum atomic E-state index is -4.65. The van der Waals surface area contributed by atoms with E-state index in [0.29, 0.717) is 0 Å². The molecule has 134 valence electrons. The van der Waals surface area contributed by atoms with E-state index in [1.54, 1.807) is 6.07 Å². The number of furan rings is 1. The Labute approximate surface area is 150 Å². The maximum absolute atomic E-state index is 13.7. The number of benzene rings is 2. The van der Waals surface area contributed by atoms with Crippen LogP contribution in [0.25, 0.3) is 11.3 Å². The Hall–Kier alpha value is -2.80. The van der Waals surface area contributed by atoms with Crippen molar-refractivity contribution >= 4 is 23.2 Å². The summed E-state index contributed by atoms with van der Waals surface area (Å²) in [6.07, 6.45) is -4.65. The van der Waals surface area contributed by atoms with Gasteiger partial charge in [-0.1, -0.05) is 23.7 Å². The van der Waals surface area contributed by atoms with Gasteiger partial charge in [0.1, 0.15) is 11.6 Å². The highest BCUT2D eigenvalue weighted by Gasteiger charge is 2.33. The highest BCUT2D eigenvalue weighted by molar-refractivity contribution is 6.31. The number of amides is 1. The first-order valence-corrected chi connectivity index (χ1v) is 7.66. The van der Waals surface area contributed by atoms with Gasteiger partial charge in [-0.05, 0) is 42.5 Å². The number of halogens is 5. The Morgan fingerprint density at radius 3 is 2.46 bits per heavy atom. The number of carbonyl (C=O) groups excluding carboxylic acids is 1. The highest BCUT2D eigenvalue weighted by atomic mass is 35.5. The molecule has 0 fully saturated rings. The van der Waals surface area contributed by atoms with E-state index >= 15 is 0 Å². The topological polar surface area (TPSA) is 42.2 Å². The third-order valence-corrected chi connectivity index (χ3v) is 3.83. The standard InChI is InChI=1S/C18H10ClF4NO2/c19-13-6-5-10(9-12(13)18(21,22)23)24-17(25)16-8-7-15(26-16)11-3-1-2-4-14(11)20/h1-9H,(H,24,25). The number of anilines is 1. The van der Waals surface area contributed by atoms with Crippen molar-refractivity contribution in [2.24, 2.45) is 0 Å². The SMILES string of the molecule is O=C(Nc1ccc(Cl)c(C(F)(F)F)c1)c1ccc(-c2ccccc2F)o1. The smallest absolute Gasteiger partial charge is 0.417 e. The van der Waals surface area contributed by atoms with Gasteiger partial charge in [-0.15, -0.1) is 0 Å². The maximum Gasteiger partial charge on any atom is 0.417 e. The molecule has 0 radical (unpaired) electrons. The van der Waals surface area contributed by atoms with Gasteiger partial charge < -0.3 is 9.73 Å². The van der Waals surface area contributed by atoms with Crippen LogP contribution < -0.4 is 5.32 Å². The predicted octanol–water partition coefficient (Wildman–Crippen LogP) is 6.01. The summed E-state index contributed by atoms with van der Waals surface area (Å²) in [5.74, 6) is -1.35. The molecule has 0 saturated carbocycles. The van der Waals surface area contributed by atoms with Crippen LogP contribution >= 0.6 is 11.6 Å². The van der Waals surface area contributed by atoms with Crippen LogP contribution in [0, 0.1) is 5.82 Å². The van der Waals surface area contributed by atoms with Crippen LogP contribution in [0.3, 0.4) is 0 Å². The molecule has 2 aromatic carbocycles. The molecule has 1 amide bonds. The summed E-state index contributed by atoms with van der Waals surface area (Å²) in [6, 6.07) is 11.5. The lowest BCUT2D eigenvalue weighted by molar-refractivity contribution is -0.137. The van der Waals surface area contributed by atoms with Crippen LogP contribution in [0.15, 0.2) is 59.0 Å². The molecule has 0 saturated heterocycles. The third kappa shape index (κ3) is 3.72. The molecule has 1 heterocycles. The van der Waals surface area contributed by atoms with Gasteiger partial charge in [-0.3, -0.25) is 4.79 Å². The normalized spacial score (nSPS) is 11.4. The average Bonchev–Trinajstić information content (AvgIpc) is 3.06. The molecule has 0 aliphatic rings. The molecule has 0 spiro atoms. The van der Waals surface area contributed by atoms with Crippen LogP contribution in [0.2, 0.25) is 5.02 Å². The van der Waals surface area contributed by atoms with Crippen LogP contribution in [0.1, 0.15) is 16.1 Å². The van der Waals surface area contributed by atoms with E-state index < -0.39 is 28.5 Å². The van der Waals surface area contributed by atoms with E-state index in [9.17, 15) is 22.4 Å². The van der Waals surface area contributed by atoms with Crippen molar-refractivity contribution in [3.05, 3.63) is 76.8 Å². The fourth-order valence-corrected chi connectivity index (χ4v) is 2.50. The summed E-state index contributed by atoms with van der Waals surface area (Å²) in [5, 5.41) is 1.82. The second kappa shape index (κ2) is 6.84. The second-order valence-corrected chi connectivity index (χ2v) is 5.70. The molecule has 0 aliphatic heterocycles. The summed E-state index contributed by atoms with van der Waals surface area (Å²) in [7, 11) is 0. The maximum atomic E-state index is 13.7. The molecule has 0 atom stereocenters. The molecule has 1 N–H and O–H groups in total. The summed E-state index contributed by atoms with van der Waals surface area (Å²) >= 11 is 5.53. The van der Waals surface area contributed by atoms with Crippen molar-refractivity contribution < 1.29 is 26.8 Å². The van der Waals surface area contributed by atoms with Crippen LogP contribution in [0.5, 0.6) is 0 Å². The molecule has 26 heavy (non-hydrogen) atoms. The molecule has 8 heteroatoms. The van der Waals surface area contributed by atoms with Crippen molar-refractivity contribution in [2.75, 3.05) is 5.32 Å². The van der Waals surface area contributed by atoms with Gasteiger partial charge in [-0.25, -0.2) is 4.39 Å². The van der Waals surface area contributed by atoms with E-state index in [-0.39, 0.29) is 22.8 Å². The number of hydrogen-bond acceptors (Lipinski definition) is 2. The Morgan fingerprint density at radius 2 is 1.77 bits per heavy atom. The molecular weight excluding hydrogens is 374 g/mol. The number of hydrogen-bond donors (Lipinski definition) is 1. The van der Waals surface area contributed by atoms with Gasteiger partial charge in [0.05, 0.1) is 16.1 Å². The van der Waals surface area contributed by atoms with E-state index in [4.69, 9.17) is 16.0 Å². The summed E-state index contributed by atoms with van der Waals surface area (Å²) in [5.41, 5.74) is -1.00. The number of alkyl halides is 3. The summed E-state index contributed by atoms with van der Waals surface area (Å²) in [6.45, 7) is 0.